The van der Waals surface area contributed by atoms with Gasteiger partial charge in [0.05, 0.1) is 16.2 Å². The molecule has 0 aliphatic rings. The second-order valence-corrected chi connectivity index (χ2v) is 4.95. The van der Waals surface area contributed by atoms with Gasteiger partial charge >= 0.3 is 0 Å². The van der Waals surface area contributed by atoms with Gasteiger partial charge in [-0.15, -0.1) is 0 Å². The molecule has 4 nitrogen and oxygen atoms in total. The second-order valence-electron chi connectivity index (χ2n) is 3.76. The topological polar surface area (TPSA) is 47.9 Å². The van der Waals surface area contributed by atoms with E-state index in [9.17, 15) is 0 Å². The van der Waals surface area contributed by atoms with Gasteiger partial charge in [0, 0.05) is 11.6 Å². The third kappa shape index (κ3) is 2.67. The van der Waals surface area contributed by atoms with Crippen molar-refractivity contribution in [2.45, 2.75) is 0 Å². The van der Waals surface area contributed by atoms with Crippen LogP contribution in [-0.4, -0.2) is 15.0 Å². The summed E-state index contributed by atoms with van der Waals surface area (Å²) >= 11 is 9.05. The van der Waals surface area contributed by atoms with Crippen LogP contribution in [0.3, 0.4) is 0 Å². The normalized spacial score (nSPS) is 10.6. The van der Waals surface area contributed by atoms with Crippen LogP contribution in [0.15, 0.2) is 47.2 Å². The molecule has 3 rings (SSSR count). The smallest absolute Gasteiger partial charge is 0.238 e. The van der Waals surface area contributed by atoms with Crippen LogP contribution >= 0.6 is 27.5 Å². The van der Waals surface area contributed by atoms with Crippen molar-refractivity contribution >= 4 is 38.4 Å². The van der Waals surface area contributed by atoms with Gasteiger partial charge in [0.2, 0.25) is 11.2 Å². The van der Waals surface area contributed by atoms with E-state index in [1.807, 2.05) is 30.3 Å². The minimum absolute atomic E-state index is 0.131. The van der Waals surface area contributed by atoms with Crippen molar-refractivity contribution in [3.8, 4) is 11.6 Å². The molecular formula is C13H7BrClN3O. The number of pyridine rings is 1. The Morgan fingerprint density at radius 3 is 2.84 bits per heavy atom. The zero-order valence-corrected chi connectivity index (χ0v) is 11.9. The average molecular weight is 337 g/mol. The van der Waals surface area contributed by atoms with Crippen molar-refractivity contribution < 1.29 is 4.74 Å². The lowest BCUT2D eigenvalue weighted by atomic mass is 10.2. The molecule has 1 aromatic carbocycles. The largest absolute Gasteiger partial charge is 0.436 e. The summed E-state index contributed by atoms with van der Waals surface area (Å²) in [6, 6.07) is 9.69. The van der Waals surface area contributed by atoms with Gasteiger partial charge in [-0.05, 0) is 39.7 Å². The average Bonchev–Trinajstić information content (AvgIpc) is 2.43. The molecule has 94 valence electrons. The van der Waals surface area contributed by atoms with E-state index < -0.39 is 0 Å². The van der Waals surface area contributed by atoms with E-state index in [-0.39, 0.29) is 5.28 Å². The van der Waals surface area contributed by atoms with E-state index >= 15 is 0 Å². The first-order chi connectivity index (χ1) is 9.22. The molecule has 0 aliphatic heterocycles. The molecule has 0 unspecified atom stereocenters. The fourth-order valence-electron chi connectivity index (χ4n) is 1.62. The molecular weight excluding hydrogens is 330 g/mol. The number of para-hydroxylation sites is 1. The van der Waals surface area contributed by atoms with Crippen molar-refractivity contribution in [3.05, 3.63) is 52.5 Å². The summed E-state index contributed by atoms with van der Waals surface area (Å²) in [6.45, 7) is 0. The summed E-state index contributed by atoms with van der Waals surface area (Å²) in [5.74, 6) is 0.950. The third-order valence-electron chi connectivity index (χ3n) is 2.46. The fourth-order valence-corrected chi connectivity index (χ4v) is 2.02. The molecule has 19 heavy (non-hydrogen) atoms. The van der Waals surface area contributed by atoms with Crippen molar-refractivity contribution in [2.75, 3.05) is 0 Å². The molecule has 0 saturated carbocycles. The first-order valence-corrected chi connectivity index (χ1v) is 6.60. The van der Waals surface area contributed by atoms with Crippen LogP contribution in [0.1, 0.15) is 0 Å². The highest BCUT2D eigenvalue weighted by Gasteiger charge is 2.07. The molecule has 0 aliphatic carbocycles. The molecule has 0 saturated heterocycles. The number of rotatable bonds is 2. The van der Waals surface area contributed by atoms with Gasteiger partial charge < -0.3 is 4.74 Å². The highest BCUT2D eigenvalue weighted by molar-refractivity contribution is 9.10. The van der Waals surface area contributed by atoms with Crippen LogP contribution in [0.25, 0.3) is 10.9 Å². The lowest BCUT2D eigenvalue weighted by molar-refractivity contribution is 0.457. The van der Waals surface area contributed by atoms with E-state index in [0.717, 1.165) is 10.9 Å². The molecule has 2 aromatic heterocycles. The van der Waals surface area contributed by atoms with Gasteiger partial charge in [-0.25, -0.2) is 4.98 Å². The molecule has 3 aromatic rings. The Hall–Kier alpha value is -1.72. The second kappa shape index (κ2) is 5.11. The summed E-state index contributed by atoms with van der Waals surface area (Å²) in [5, 5.41) is 1.13. The lowest BCUT2D eigenvalue weighted by Crippen LogP contribution is -1.92. The Morgan fingerprint density at radius 1 is 1.11 bits per heavy atom. The van der Waals surface area contributed by atoms with Crippen molar-refractivity contribution in [1.82, 2.24) is 15.0 Å². The molecule has 0 amide bonds. The molecule has 2 heterocycles. The van der Waals surface area contributed by atoms with Gasteiger partial charge in [0.25, 0.3) is 0 Å². The van der Waals surface area contributed by atoms with Gasteiger partial charge in [0.15, 0.2) is 0 Å². The molecule has 0 atom stereocenters. The van der Waals surface area contributed by atoms with E-state index in [1.165, 1.54) is 0 Å². The molecule has 0 spiro atoms. The zero-order chi connectivity index (χ0) is 13.2. The predicted octanol–water partition coefficient (Wildman–Crippen LogP) is 4.23. The number of hydrogen-bond donors (Lipinski definition) is 0. The third-order valence-corrected chi connectivity index (χ3v) is 3.19. The first kappa shape index (κ1) is 12.3. The Kier molecular flexibility index (Phi) is 3.31. The van der Waals surface area contributed by atoms with E-state index in [4.69, 9.17) is 16.3 Å². The number of halogens is 2. The SMILES string of the molecule is Clc1ncc(Br)c(Oc2cnc3ccccc3c2)n1. The maximum absolute atomic E-state index is 5.74. The van der Waals surface area contributed by atoms with Gasteiger partial charge in [-0.1, -0.05) is 18.2 Å². The van der Waals surface area contributed by atoms with E-state index in [0.29, 0.717) is 16.1 Å². The number of hydrogen-bond acceptors (Lipinski definition) is 4. The van der Waals surface area contributed by atoms with Crippen LogP contribution in [0.5, 0.6) is 11.6 Å². The molecule has 0 bridgehead atoms. The Labute approximate surface area is 122 Å². The minimum Gasteiger partial charge on any atom is -0.436 e. The van der Waals surface area contributed by atoms with Crippen LogP contribution in [-0.2, 0) is 0 Å². The summed E-state index contributed by atoms with van der Waals surface area (Å²) in [7, 11) is 0. The lowest BCUT2D eigenvalue weighted by Gasteiger charge is -2.06. The molecule has 0 radical (unpaired) electrons. The van der Waals surface area contributed by atoms with Gasteiger partial charge in [-0.2, -0.15) is 4.98 Å². The summed E-state index contributed by atoms with van der Waals surface area (Å²) in [6.07, 6.45) is 3.18. The predicted molar refractivity (Wildman–Crippen MR) is 76.6 cm³/mol. The fraction of sp³-hybridized carbons (Fsp3) is 0. The monoisotopic (exact) mass is 335 g/mol. The highest BCUT2D eigenvalue weighted by Crippen LogP contribution is 2.28. The first-order valence-electron chi connectivity index (χ1n) is 5.43. The Bertz CT molecular complexity index is 751. The zero-order valence-electron chi connectivity index (χ0n) is 9.55. The maximum atomic E-state index is 5.74. The minimum atomic E-state index is 0.131. The number of ether oxygens (including phenoxy) is 1. The van der Waals surface area contributed by atoms with Crippen LogP contribution in [0.4, 0.5) is 0 Å². The van der Waals surface area contributed by atoms with Crippen molar-refractivity contribution in [1.29, 1.82) is 0 Å². The Morgan fingerprint density at radius 2 is 1.95 bits per heavy atom. The molecule has 0 N–H and O–H groups in total. The van der Waals surface area contributed by atoms with E-state index in [2.05, 4.69) is 30.9 Å². The van der Waals surface area contributed by atoms with Crippen LogP contribution < -0.4 is 4.74 Å². The Balaban J connectivity index is 1.98. The van der Waals surface area contributed by atoms with Crippen molar-refractivity contribution in [3.63, 3.8) is 0 Å². The highest BCUT2D eigenvalue weighted by atomic mass is 79.9. The number of nitrogens with zero attached hydrogens (tertiary/aromatic N) is 3. The summed E-state index contributed by atoms with van der Waals surface area (Å²) in [5.41, 5.74) is 0.912. The molecule has 6 heteroatoms. The number of fused-ring (bicyclic) bond motifs is 1. The summed E-state index contributed by atoms with van der Waals surface area (Å²) < 4.78 is 6.28. The maximum Gasteiger partial charge on any atom is 0.238 e. The van der Waals surface area contributed by atoms with Crippen LogP contribution in [0.2, 0.25) is 5.28 Å². The van der Waals surface area contributed by atoms with Crippen molar-refractivity contribution in [2.24, 2.45) is 0 Å². The van der Waals surface area contributed by atoms with Gasteiger partial charge in [0.1, 0.15) is 5.75 Å². The quantitative estimate of drug-likeness (QED) is 0.657. The van der Waals surface area contributed by atoms with Crippen LogP contribution in [0, 0.1) is 0 Å². The molecule has 0 fully saturated rings. The standard InChI is InChI=1S/C13H7BrClN3O/c14-10-7-17-13(15)18-12(10)19-9-5-8-3-1-2-4-11(8)16-6-9/h1-7H. The number of benzene rings is 1. The number of aromatic nitrogens is 3. The van der Waals surface area contributed by atoms with E-state index in [1.54, 1.807) is 12.4 Å². The summed E-state index contributed by atoms with van der Waals surface area (Å²) in [4.78, 5) is 12.2. The van der Waals surface area contributed by atoms with Gasteiger partial charge in [-0.3, -0.25) is 4.98 Å².